The van der Waals surface area contributed by atoms with Crippen LogP contribution in [-0.2, 0) is 0 Å². The molecule has 0 aliphatic carbocycles. The second-order valence-corrected chi connectivity index (χ2v) is 4.80. The van der Waals surface area contributed by atoms with Crippen LogP contribution in [0, 0.1) is 0 Å². The number of hydrogen-bond donors (Lipinski definition) is 2. The van der Waals surface area contributed by atoms with E-state index in [4.69, 9.17) is 22.4 Å². The lowest BCUT2D eigenvalue weighted by atomic mass is 10.1. The number of amides is 1. The van der Waals surface area contributed by atoms with Crippen molar-refractivity contribution in [1.29, 1.82) is 0 Å². The predicted octanol–water partition coefficient (Wildman–Crippen LogP) is 2.55. The Balaban J connectivity index is 3.08. The third-order valence-corrected chi connectivity index (χ3v) is 3.60. The fourth-order valence-corrected chi connectivity index (χ4v) is 2.34. The molecule has 0 spiro atoms. The van der Waals surface area contributed by atoms with Crippen molar-refractivity contribution >= 4 is 23.2 Å². The summed E-state index contributed by atoms with van der Waals surface area (Å²) in [5, 5.41) is 9.52. The van der Waals surface area contributed by atoms with E-state index in [2.05, 4.69) is 0 Å². The number of anilines is 1. The van der Waals surface area contributed by atoms with Gasteiger partial charge >= 0.3 is 0 Å². The van der Waals surface area contributed by atoms with Gasteiger partial charge in [-0.3, -0.25) is 4.79 Å². The summed E-state index contributed by atoms with van der Waals surface area (Å²) in [6.07, 6.45) is 1.67. The summed E-state index contributed by atoms with van der Waals surface area (Å²) in [7, 11) is 0. The highest BCUT2D eigenvalue weighted by Crippen LogP contribution is 2.24. The van der Waals surface area contributed by atoms with E-state index in [1.54, 1.807) is 23.1 Å². The van der Waals surface area contributed by atoms with Crippen LogP contribution >= 0.6 is 11.6 Å². The largest absolute Gasteiger partial charge is 0.397 e. The molecule has 4 nitrogen and oxygen atoms in total. The minimum absolute atomic E-state index is 0.0668. The van der Waals surface area contributed by atoms with Crippen molar-refractivity contribution in [2.45, 2.75) is 32.7 Å². The maximum absolute atomic E-state index is 12.5. The van der Waals surface area contributed by atoms with Crippen LogP contribution < -0.4 is 5.73 Å². The maximum atomic E-state index is 12.5. The van der Waals surface area contributed by atoms with Gasteiger partial charge in [-0.1, -0.05) is 31.5 Å². The lowest BCUT2D eigenvalue weighted by Crippen LogP contribution is -2.41. The number of benzene rings is 1. The molecule has 0 unspecified atom stereocenters. The number of halogens is 1. The fraction of sp³-hybridized carbons (Fsp3) is 0.500. The van der Waals surface area contributed by atoms with Gasteiger partial charge in [-0.2, -0.15) is 0 Å². The molecule has 0 radical (unpaired) electrons. The number of rotatable bonds is 6. The second-order valence-electron chi connectivity index (χ2n) is 4.39. The predicted molar refractivity (Wildman–Crippen MR) is 78.4 cm³/mol. The quantitative estimate of drug-likeness (QED) is 0.789. The topological polar surface area (TPSA) is 66.6 Å². The molecule has 0 fully saturated rings. The minimum atomic E-state index is -0.178. The first kappa shape index (κ1) is 15.8. The van der Waals surface area contributed by atoms with E-state index < -0.39 is 0 Å². The number of hydrogen-bond acceptors (Lipinski definition) is 3. The molecule has 0 heterocycles. The molecule has 0 aliphatic rings. The van der Waals surface area contributed by atoms with Gasteiger partial charge in [-0.15, -0.1) is 0 Å². The highest BCUT2D eigenvalue weighted by atomic mass is 35.5. The Hall–Kier alpha value is -1.26. The van der Waals surface area contributed by atoms with Gasteiger partial charge in [0.15, 0.2) is 0 Å². The van der Waals surface area contributed by atoms with Gasteiger partial charge in [0, 0.05) is 12.6 Å². The van der Waals surface area contributed by atoms with Crippen molar-refractivity contribution < 1.29 is 9.90 Å². The van der Waals surface area contributed by atoms with Crippen molar-refractivity contribution in [3.63, 3.8) is 0 Å². The Morgan fingerprint density at radius 3 is 2.58 bits per heavy atom. The average molecular weight is 285 g/mol. The summed E-state index contributed by atoms with van der Waals surface area (Å²) in [5.41, 5.74) is 6.55. The van der Waals surface area contributed by atoms with E-state index in [1.165, 1.54) is 0 Å². The molecule has 0 bridgehead atoms. The summed E-state index contributed by atoms with van der Waals surface area (Å²) in [6, 6.07) is 5.12. The zero-order valence-electron chi connectivity index (χ0n) is 11.4. The summed E-state index contributed by atoms with van der Waals surface area (Å²) in [6.45, 7) is 4.28. The summed E-state index contributed by atoms with van der Waals surface area (Å²) >= 11 is 5.94. The van der Waals surface area contributed by atoms with Gasteiger partial charge < -0.3 is 15.7 Å². The van der Waals surface area contributed by atoms with Crippen LogP contribution in [0.5, 0.6) is 0 Å². The van der Waals surface area contributed by atoms with Crippen molar-refractivity contribution in [3.05, 3.63) is 28.8 Å². The van der Waals surface area contributed by atoms with Gasteiger partial charge in [0.05, 0.1) is 22.9 Å². The normalized spacial score (nSPS) is 10.8. The van der Waals surface area contributed by atoms with Gasteiger partial charge in [-0.05, 0) is 25.0 Å². The fourth-order valence-electron chi connectivity index (χ4n) is 2.17. The standard InChI is InChI=1S/C14H21ClN2O2/c1-3-10(4-2)17(8-9-18)14(19)11-6-5-7-12(15)13(11)16/h5-7,10,18H,3-4,8-9,16H2,1-2H3. The summed E-state index contributed by atoms with van der Waals surface area (Å²) in [4.78, 5) is 14.2. The minimum Gasteiger partial charge on any atom is -0.397 e. The molecule has 1 aromatic rings. The molecule has 0 aliphatic heterocycles. The third kappa shape index (κ3) is 3.61. The van der Waals surface area contributed by atoms with Crippen molar-refractivity contribution in [2.24, 2.45) is 0 Å². The molecular weight excluding hydrogens is 264 g/mol. The number of nitrogens with two attached hydrogens (primary N) is 1. The zero-order valence-corrected chi connectivity index (χ0v) is 12.2. The Morgan fingerprint density at radius 2 is 2.05 bits per heavy atom. The summed E-state index contributed by atoms with van der Waals surface area (Å²) < 4.78 is 0. The molecular formula is C14H21ClN2O2. The maximum Gasteiger partial charge on any atom is 0.256 e. The second kappa shape index (κ2) is 7.36. The number of carbonyl (C=O) groups is 1. The number of nitrogen functional groups attached to an aromatic ring is 1. The van der Waals surface area contributed by atoms with Crippen molar-refractivity contribution in [3.8, 4) is 0 Å². The van der Waals surface area contributed by atoms with Crippen LogP contribution in [0.25, 0.3) is 0 Å². The van der Waals surface area contributed by atoms with Gasteiger partial charge in [-0.25, -0.2) is 0 Å². The first-order chi connectivity index (χ1) is 9.06. The molecule has 3 N–H and O–H groups in total. The van der Waals surface area contributed by atoms with Crippen LogP contribution in [0.15, 0.2) is 18.2 Å². The average Bonchev–Trinajstić information content (AvgIpc) is 2.41. The Kier molecular flexibility index (Phi) is 6.12. The molecule has 0 aromatic heterocycles. The SMILES string of the molecule is CCC(CC)N(CCO)C(=O)c1cccc(Cl)c1N. The molecule has 0 atom stereocenters. The zero-order chi connectivity index (χ0) is 14.4. The number of aliphatic hydroxyl groups is 1. The van der Waals surface area contributed by atoms with Gasteiger partial charge in [0.25, 0.3) is 5.91 Å². The van der Waals surface area contributed by atoms with E-state index in [0.29, 0.717) is 22.8 Å². The lowest BCUT2D eigenvalue weighted by molar-refractivity contribution is 0.0623. The van der Waals surface area contributed by atoms with E-state index >= 15 is 0 Å². The van der Waals surface area contributed by atoms with Crippen LogP contribution in [0.1, 0.15) is 37.0 Å². The molecule has 5 heteroatoms. The van der Waals surface area contributed by atoms with Gasteiger partial charge in [0.1, 0.15) is 0 Å². The van der Waals surface area contributed by atoms with E-state index in [9.17, 15) is 4.79 Å². The first-order valence-corrected chi connectivity index (χ1v) is 6.90. The van der Waals surface area contributed by atoms with Crippen LogP contribution in [0.4, 0.5) is 5.69 Å². The molecule has 0 saturated heterocycles. The molecule has 0 saturated carbocycles. The van der Waals surface area contributed by atoms with Crippen molar-refractivity contribution in [2.75, 3.05) is 18.9 Å². The molecule has 106 valence electrons. The highest BCUT2D eigenvalue weighted by Gasteiger charge is 2.23. The van der Waals surface area contributed by atoms with Gasteiger partial charge in [0.2, 0.25) is 0 Å². The van der Waals surface area contributed by atoms with Crippen LogP contribution in [0.2, 0.25) is 5.02 Å². The molecule has 19 heavy (non-hydrogen) atoms. The number of para-hydroxylation sites is 1. The van der Waals surface area contributed by atoms with E-state index in [1.807, 2.05) is 13.8 Å². The monoisotopic (exact) mass is 284 g/mol. The Labute approximate surface area is 119 Å². The summed E-state index contributed by atoms with van der Waals surface area (Å²) in [5.74, 6) is -0.178. The lowest BCUT2D eigenvalue weighted by Gasteiger charge is -2.30. The molecule has 1 rings (SSSR count). The number of carbonyl (C=O) groups excluding carboxylic acids is 1. The third-order valence-electron chi connectivity index (χ3n) is 3.27. The molecule has 1 aromatic carbocycles. The molecule has 1 amide bonds. The van der Waals surface area contributed by atoms with Crippen LogP contribution in [-0.4, -0.2) is 35.1 Å². The smallest absolute Gasteiger partial charge is 0.256 e. The first-order valence-electron chi connectivity index (χ1n) is 6.52. The Morgan fingerprint density at radius 1 is 1.42 bits per heavy atom. The highest BCUT2D eigenvalue weighted by molar-refractivity contribution is 6.33. The van der Waals surface area contributed by atoms with Crippen LogP contribution in [0.3, 0.4) is 0 Å². The number of aliphatic hydroxyl groups excluding tert-OH is 1. The Bertz CT molecular complexity index is 433. The van der Waals surface area contributed by atoms with E-state index in [-0.39, 0.29) is 18.6 Å². The van der Waals surface area contributed by atoms with Crippen molar-refractivity contribution in [1.82, 2.24) is 4.90 Å². The number of nitrogens with zero attached hydrogens (tertiary/aromatic N) is 1. The van der Waals surface area contributed by atoms with E-state index in [0.717, 1.165) is 12.8 Å².